The average Bonchev–Trinajstić information content (AvgIpc) is 2.44. The Morgan fingerprint density at radius 3 is 3.11 bits per heavy atom. The average molecular weight is 264 g/mol. The van der Waals surface area contributed by atoms with E-state index in [0.29, 0.717) is 12.3 Å². The van der Waals surface area contributed by atoms with Gasteiger partial charge in [-0.2, -0.15) is 0 Å². The summed E-state index contributed by atoms with van der Waals surface area (Å²) < 4.78 is 5.74. The molecule has 1 atom stereocenters. The van der Waals surface area contributed by atoms with Gasteiger partial charge in [0.2, 0.25) is 0 Å². The minimum atomic E-state index is 0.251. The van der Waals surface area contributed by atoms with Crippen LogP contribution >= 0.6 is 0 Å². The first-order valence-electron chi connectivity index (χ1n) is 7.02. The monoisotopic (exact) mass is 264 g/mol. The quantitative estimate of drug-likeness (QED) is 0.846. The molecule has 0 amide bonds. The van der Waals surface area contributed by atoms with Crippen LogP contribution in [0.5, 0.6) is 5.75 Å². The summed E-state index contributed by atoms with van der Waals surface area (Å²) >= 11 is 0. The van der Waals surface area contributed by atoms with Crippen LogP contribution in [-0.4, -0.2) is 48.9 Å². The maximum Gasteiger partial charge on any atom is 0.122 e. The number of hydrogen-bond donors (Lipinski definition) is 2. The molecule has 0 radical (unpaired) electrons. The Morgan fingerprint density at radius 2 is 2.32 bits per heavy atom. The zero-order chi connectivity index (χ0) is 13.7. The Balaban J connectivity index is 1.78. The van der Waals surface area contributed by atoms with Crippen molar-refractivity contribution in [1.82, 2.24) is 10.2 Å². The highest BCUT2D eigenvalue weighted by Gasteiger charge is 2.18. The number of rotatable bonds is 5. The van der Waals surface area contributed by atoms with Gasteiger partial charge in [0.15, 0.2) is 0 Å². The Hall–Kier alpha value is -1.10. The van der Waals surface area contributed by atoms with E-state index >= 15 is 0 Å². The molecule has 1 aromatic carbocycles. The third-order valence-electron chi connectivity index (χ3n) is 3.68. The molecular weight excluding hydrogens is 240 g/mol. The second-order valence-corrected chi connectivity index (χ2v) is 5.10. The number of likely N-dealkylation sites (N-methyl/N-ethyl adjacent to an activating group) is 1. The molecule has 1 saturated heterocycles. The minimum Gasteiger partial charge on any atom is -0.507 e. The van der Waals surface area contributed by atoms with Crippen molar-refractivity contribution < 1.29 is 9.84 Å². The highest BCUT2D eigenvalue weighted by molar-refractivity contribution is 5.39. The zero-order valence-corrected chi connectivity index (χ0v) is 11.9. The number of aryl methyl sites for hydroxylation is 1. The molecule has 1 aromatic rings. The van der Waals surface area contributed by atoms with Gasteiger partial charge < -0.3 is 15.2 Å². The fourth-order valence-electron chi connectivity index (χ4n) is 2.42. The van der Waals surface area contributed by atoms with Crippen molar-refractivity contribution in [2.75, 3.05) is 32.8 Å². The van der Waals surface area contributed by atoms with Crippen LogP contribution < -0.4 is 5.32 Å². The van der Waals surface area contributed by atoms with Crippen LogP contribution in [-0.2, 0) is 11.3 Å². The fraction of sp³-hybridized carbons (Fsp3) is 0.600. The van der Waals surface area contributed by atoms with E-state index in [-0.39, 0.29) is 6.10 Å². The van der Waals surface area contributed by atoms with Crippen molar-refractivity contribution in [2.24, 2.45) is 0 Å². The summed E-state index contributed by atoms with van der Waals surface area (Å²) in [5.41, 5.74) is 1.87. The number of nitrogens with zero attached hydrogens (tertiary/aromatic N) is 1. The number of ether oxygens (including phenoxy) is 1. The van der Waals surface area contributed by atoms with Gasteiger partial charge in [-0.3, -0.25) is 4.90 Å². The maximum absolute atomic E-state index is 9.94. The molecule has 106 valence electrons. The highest BCUT2D eigenvalue weighted by Crippen LogP contribution is 2.20. The Kier molecular flexibility index (Phi) is 5.19. The normalized spacial score (nSPS) is 20.6. The number of hydrogen-bond acceptors (Lipinski definition) is 4. The summed E-state index contributed by atoms with van der Waals surface area (Å²) in [4.78, 5) is 2.40. The minimum absolute atomic E-state index is 0.251. The van der Waals surface area contributed by atoms with Crippen LogP contribution in [0, 0.1) is 6.92 Å². The molecule has 0 aromatic heterocycles. The number of nitrogens with one attached hydrogen (secondary N) is 1. The summed E-state index contributed by atoms with van der Waals surface area (Å²) in [5, 5.41) is 13.3. The lowest BCUT2D eigenvalue weighted by Crippen LogP contribution is -2.46. The van der Waals surface area contributed by atoms with Gasteiger partial charge in [0.05, 0.1) is 12.7 Å². The molecule has 1 heterocycles. The summed E-state index contributed by atoms with van der Waals surface area (Å²) in [6, 6.07) is 5.85. The third kappa shape index (κ3) is 3.93. The lowest BCUT2D eigenvalue weighted by molar-refractivity contribution is -0.0253. The lowest BCUT2D eigenvalue weighted by Gasteiger charge is -2.32. The van der Waals surface area contributed by atoms with Crippen molar-refractivity contribution in [3.8, 4) is 5.75 Å². The lowest BCUT2D eigenvalue weighted by atomic mass is 10.1. The van der Waals surface area contributed by atoms with Crippen molar-refractivity contribution >= 4 is 0 Å². The number of phenolic OH excluding ortho intramolecular Hbond substituents is 1. The molecule has 0 spiro atoms. The van der Waals surface area contributed by atoms with Gasteiger partial charge in [-0.05, 0) is 19.0 Å². The van der Waals surface area contributed by atoms with Crippen LogP contribution in [0.15, 0.2) is 18.2 Å². The van der Waals surface area contributed by atoms with Gasteiger partial charge in [0.1, 0.15) is 5.75 Å². The first kappa shape index (κ1) is 14.3. The van der Waals surface area contributed by atoms with E-state index in [0.717, 1.165) is 43.9 Å². The highest BCUT2D eigenvalue weighted by atomic mass is 16.5. The number of benzene rings is 1. The van der Waals surface area contributed by atoms with E-state index in [4.69, 9.17) is 4.74 Å². The van der Waals surface area contributed by atoms with Crippen molar-refractivity contribution in [3.05, 3.63) is 29.3 Å². The number of aromatic hydroxyl groups is 1. The Labute approximate surface area is 115 Å². The standard InChI is InChI=1S/C15H24N2O2/c1-3-17-7-8-19-14(11-17)10-16-9-13-6-4-5-12(2)15(13)18/h4-6,14,16,18H,3,7-11H2,1-2H3. The van der Waals surface area contributed by atoms with Crippen LogP contribution in [0.3, 0.4) is 0 Å². The van der Waals surface area contributed by atoms with Crippen LogP contribution in [0.25, 0.3) is 0 Å². The molecule has 19 heavy (non-hydrogen) atoms. The summed E-state index contributed by atoms with van der Waals surface area (Å²) in [5.74, 6) is 0.398. The van der Waals surface area contributed by atoms with Crippen molar-refractivity contribution in [2.45, 2.75) is 26.5 Å². The summed E-state index contributed by atoms with van der Waals surface area (Å²) in [6.45, 7) is 9.52. The number of phenols is 1. The molecular formula is C15H24N2O2. The first-order valence-corrected chi connectivity index (χ1v) is 7.02. The molecule has 1 aliphatic heterocycles. The fourth-order valence-corrected chi connectivity index (χ4v) is 2.42. The third-order valence-corrected chi connectivity index (χ3v) is 3.68. The SMILES string of the molecule is CCN1CCOC(CNCc2cccc(C)c2O)C1. The first-order chi connectivity index (χ1) is 9.20. The molecule has 0 bridgehead atoms. The zero-order valence-electron chi connectivity index (χ0n) is 11.9. The molecule has 2 rings (SSSR count). The Bertz CT molecular complexity index is 409. The number of para-hydroxylation sites is 1. The maximum atomic E-state index is 9.94. The Morgan fingerprint density at radius 1 is 1.47 bits per heavy atom. The van der Waals surface area contributed by atoms with E-state index in [9.17, 15) is 5.11 Å². The predicted octanol–water partition coefficient (Wildman–Crippen LogP) is 1.51. The molecule has 0 saturated carbocycles. The van der Waals surface area contributed by atoms with E-state index in [2.05, 4.69) is 17.1 Å². The van der Waals surface area contributed by atoms with Gasteiger partial charge in [-0.15, -0.1) is 0 Å². The van der Waals surface area contributed by atoms with E-state index in [1.54, 1.807) is 0 Å². The second-order valence-electron chi connectivity index (χ2n) is 5.10. The van der Waals surface area contributed by atoms with Gasteiger partial charge in [0, 0.05) is 31.7 Å². The van der Waals surface area contributed by atoms with Gasteiger partial charge >= 0.3 is 0 Å². The molecule has 4 nitrogen and oxygen atoms in total. The molecule has 4 heteroatoms. The van der Waals surface area contributed by atoms with Gasteiger partial charge in [0.25, 0.3) is 0 Å². The van der Waals surface area contributed by atoms with Gasteiger partial charge in [-0.25, -0.2) is 0 Å². The van der Waals surface area contributed by atoms with E-state index in [1.807, 2.05) is 25.1 Å². The van der Waals surface area contributed by atoms with Gasteiger partial charge in [-0.1, -0.05) is 25.1 Å². The predicted molar refractivity (Wildman–Crippen MR) is 76.4 cm³/mol. The van der Waals surface area contributed by atoms with Crippen molar-refractivity contribution in [3.63, 3.8) is 0 Å². The smallest absolute Gasteiger partial charge is 0.122 e. The van der Waals surface area contributed by atoms with Crippen LogP contribution in [0.1, 0.15) is 18.1 Å². The molecule has 1 aliphatic rings. The van der Waals surface area contributed by atoms with Crippen LogP contribution in [0.2, 0.25) is 0 Å². The molecule has 1 unspecified atom stereocenters. The topological polar surface area (TPSA) is 44.7 Å². The number of morpholine rings is 1. The second kappa shape index (κ2) is 6.89. The summed E-state index contributed by atoms with van der Waals surface area (Å²) in [6.07, 6.45) is 0.251. The van der Waals surface area contributed by atoms with E-state index < -0.39 is 0 Å². The van der Waals surface area contributed by atoms with E-state index in [1.165, 1.54) is 0 Å². The summed E-state index contributed by atoms with van der Waals surface area (Å²) in [7, 11) is 0. The van der Waals surface area contributed by atoms with Crippen molar-refractivity contribution in [1.29, 1.82) is 0 Å². The molecule has 2 N–H and O–H groups in total. The largest absolute Gasteiger partial charge is 0.507 e. The molecule has 0 aliphatic carbocycles. The van der Waals surface area contributed by atoms with Crippen LogP contribution in [0.4, 0.5) is 0 Å². The molecule has 1 fully saturated rings.